The fraction of sp³-hybridized carbons (Fsp3) is 0.432. The highest BCUT2D eigenvalue weighted by Crippen LogP contribution is 2.64. The molecular formula is C37H29F17O8. The molecule has 3 aromatic rings. The lowest BCUT2D eigenvalue weighted by molar-refractivity contribution is -0.461. The van der Waals surface area contributed by atoms with Gasteiger partial charge in [0.25, 0.3) is 0 Å². The summed E-state index contributed by atoms with van der Waals surface area (Å²) in [5, 5.41) is 0. The van der Waals surface area contributed by atoms with Crippen LogP contribution in [0.3, 0.4) is 0 Å². The molecule has 344 valence electrons. The van der Waals surface area contributed by atoms with E-state index in [9.17, 15) is 89.0 Å². The van der Waals surface area contributed by atoms with E-state index in [0.717, 1.165) is 44.0 Å². The van der Waals surface area contributed by atoms with Gasteiger partial charge in [0, 0.05) is 0 Å². The molecular weight excluding hydrogens is 895 g/mol. The summed E-state index contributed by atoms with van der Waals surface area (Å²) in [4.78, 5) is 37.2. The van der Waals surface area contributed by atoms with E-state index in [1.54, 1.807) is 12.1 Å². The molecule has 62 heavy (non-hydrogen) atoms. The molecule has 0 aromatic heterocycles. The van der Waals surface area contributed by atoms with Crippen molar-refractivity contribution in [3.8, 4) is 23.0 Å². The number of benzene rings is 3. The summed E-state index contributed by atoms with van der Waals surface area (Å²) in [5.41, 5.74) is 0.184. The molecule has 0 radical (unpaired) electrons. The van der Waals surface area contributed by atoms with Gasteiger partial charge in [-0.1, -0.05) is 13.3 Å². The summed E-state index contributed by atoms with van der Waals surface area (Å²) in [7, 11) is 0. The fourth-order valence-corrected chi connectivity index (χ4v) is 4.60. The molecule has 0 aliphatic carbocycles. The van der Waals surface area contributed by atoms with Crippen LogP contribution in [0.15, 0.2) is 72.8 Å². The number of hydrogen-bond donors (Lipinski definition) is 0. The molecule has 3 aromatic carbocycles. The average molecular weight is 925 g/mol. The van der Waals surface area contributed by atoms with E-state index >= 15 is 0 Å². The second-order valence-electron chi connectivity index (χ2n) is 12.8. The maximum atomic E-state index is 14.1. The smallest absolute Gasteiger partial charge is 0.460 e. The number of ether oxygens (including phenoxy) is 5. The SMILES string of the molecule is CCCCOc1ccc(C(=O)Oc2ccc(C(=O)Oc3ccc(O[C@@H](C)C(=O)OCCC(F)(F)C(F)(F)C(F)(F)C(F)(F)C(F)(F)C(F)(F)C(F)(F)C(F)(F)F)cc3)cc2)cc1. The van der Waals surface area contributed by atoms with Gasteiger partial charge in [-0.15, -0.1) is 0 Å². The van der Waals surface area contributed by atoms with Crippen LogP contribution in [0.25, 0.3) is 0 Å². The maximum Gasteiger partial charge on any atom is 0.460 e. The molecule has 0 fully saturated rings. The number of halogens is 17. The molecule has 0 amide bonds. The van der Waals surface area contributed by atoms with E-state index in [-0.39, 0.29) is 28.4 Å². The van der Waals surface area contributed by atoms with Gasteiger partial charge in [-0.25, -0.2) is 14.4 Å². The monoisotopic (exact) mass is 924 g/mol. The summed E-state index contributed by atoms with van der Waals surface area (Å²) in [5.74, 6) is -60.7. The number of carbonyl (C=O) groups is 3. The Labute approximate surface area is 337 Å². The van der Waals surface area contributed by atoms with E-state index in [2.05, 4.69) is 4.74 Å². The van der Waals surface area contributed by atoms with E-state index in [4.69, 9.17) is 18.9 Å². The summed E-state index contributed by atoms with van der Waals surface area (Å²) in [6.07, 6.45) is -10.9. The Hall–Kier alpha value is -5.52. The Balaban J connectivity index is 1.55. The van der Waals surface area contributed by atoms with E-state index < -0.39 is 84.7 Å². The van der Waals surface area contributed by atoms with Gasteiger partial charge in [0.1, 0.15) is 23.0 Å². The van der Waals surface area contributed by atoms with Crippen LogP contribution in [0.1, 0.15) is 53.8 Å². The predicted octanol–water partition coefficient (Wildman–Crippen LogP) is 11.0. The van der Waals surface area contributed by atoms with Crippen molar-refractivity contribution in [1.82, 2.24) is 0 Å². The minimum absolute atomic E-state index is 0.0269. The molecule has 8 nitrogen and oxygen atoms in total. The maximum absolute atomic E-state index is 14.1. The highest BCUT2D eigenvalue weighted by atomic mass is 19.4. The Morgan fingerprint density at radius 3 is 1.29 bits per heavy atom. The predicted molar refractivity (Wildman–Crippen MR) is 176 cm³/mol. The van der Waals surface area contributed by atoms with Crippen LogP contribution in [0.4, 0.5) is 74.6 Å². The van der Waals surface area contributed by atoms with Gasteiger partial charge in [0.2, 0.25) is 0 Å². The topological polar surface area (TPSA) is 97.4 Å². The lowest BCUT2D eigenvalue weighted by atomic mass is 9.88. The third-order valence-electron chi connectivity index (χ3n) is 8.28. The van der Waals surface area contributed by atoms with Crippen LogP contribution < -0.4 is 18.9 Å². The summed E-state index contributed by atoms with van der Waals surface area (Å²) >= 11 is 0. The number of alkyl halides is 17. The van der Waals surface area contributed by atoms with Crippen molar-refractivity contribution in [2.24, 2.45) is 0 Å². The van der Waals surface area contributed by atoms with Crippen molar-refractivity contribution in [3.05, 3.63) is 83.9 Å². The van der Waals surface area contributed by atoms with Gasteiger partial charge in [0.05, 0.1) is 30.8 Å². The summed E-state index contributed by atoms with van der Waals surface area (Å²) in [6.45, 7) is 1.18. The number of carbonyl (C=O) groups excluding carboxylic acids is 3. The van der Waals surface area contributed by atoms with Gasteiger partial charge < -0.3 is 23.7 Å². The molecule has 0 unspecified atom stereocenters. The minimum Gasteiger partial charge on any atom is -0.494 e. The van der Waals surface area contributed by atoms with Crippen molar-refractivity contribution in [2.75, 3.05) is 13.2 Å². The molecule has 0 heterocycles. The molecule has 0 N–H and O–H groups in total. The molecule has 0 bridgehead atoms. The Kier molecular flexibility index (Phi) is 15.1. The molecule has 0 saturated heterocycles. The van der Waals surface area contributed by atoms with Gasteiger partial charge in [-0.3, -0.25) is 0 Å². The Morgan fingerprint density at radius 2 is 0.871 bits per heavy atom. The minimum atomic E-state index is -8.76. The summed E-state index contributed by atoms with van der Waals surface area (Å²) < 4.78 is 254. The van der Waals surface area contributed by atoms with Crippen LogP contribution >= 0.6 is 0 Å². The van der Waals surface area contributed by atoms with Crippen LogP contribution in [-0.4, -0.2) is 84.9 Å². The third-order valence-corrected chi connectivity index (χ3v) is 8.28. The Morgan fingerprint density at radius 1 is 0.500 bits per heavy atom. The molecule has 0 aliphatic heterocycles. The zero-order valence-corrected chi connectivity index (χ0v) is 31.2. The van der Waals surface area contributed by atoms with Gasteiger partial charge in [-0.05, 0) is 86.1 Å². The number of unbranched alkanes of at least 4 members (excludes halogenated alkanes) is 1. The zero-order valence-electron chi connectivity index (χ0n) is 31.2. The van der Waals surface area contributed by atoms with E-state index in [1.165, 1.54) is 36.4 Å². The number of rotatable bonds is 20. The second-order valence-corrected chi connectivity index (χ2v) is 12.8. The standard InChI is InChI=1S/C37H29F17O8/c1-3-4-18-58-23-9-5-21(6-10-23)28(56)61-25-11-7-22(8-12-25)29(57)62-26-15-13-24(14-16-26)60-20(2)27(55)59-19-17-30(38,39)31(40,41)32(42,43)33(44,45)34(46,47)35(48,49)36(50,51)37(52,53)54/h5-16,20H,3-4,17-19H2,1-2H3/t20-/m0/s1. The first-order valence-corrected chi connectivity index (χ1v) is 17.2. The van der Waals surface area contributed by atoms with Crippen molar-refractivity contribution in [3.63, 3.8) is 0 Å². The number of esters is 3. The third kappa shape index (κ3) is 10.2. The van der Waals surface area contributed by atoms with Gasteiger partial charge in [-0.2, -0.15) is 74.6 Å². The first kappa shape index (κ1) is 50.8. The first-order chi connectivity index (χ1) is 28.3. The highest BCUT2D eigenvalue weighted by molar-refractivity contribution is 5.92. The molecule has 25 heteroatoms. The van der Waals surface area contributed by atoms with E-state index in [0.29, 0.717) is 12.4 Å². The fourth-order valence-electron chi connectivity index (χ4n) is 4.60. The first-order valence-electron chi connectivity index (χ1n) is 17.2. The molecule has 3 rings (SSSR count). The lowest BCUT2D eigenvalue weighted by Gasteiger charge is -2.42. The normalized spacial score (nSPS) is 13.9. The number of hydrogen-bond acceptors (Lipinski definition) is 8. The van der Waals surface area contributed by atoms with Crippen molar-refractivity contribution >= 4 is 17.9 Å². The average Bonchev–Trinajstić information content (AvgIpc) is 3.18. The summed E-state index contributed by atoms with van der Waals surface area (Å²) in [6, 6.07) is 15.5. The van der Waals surface area contributed by atoms with Crippen LogP contribution in [-0.2, 0) is 9.53 Å². The van der Waals surface area contributed by atoms with Crippen molar-refractivity contribution in [1.29, 1.82) is 0 Å². The largest absolute Gasteiger partial charge is 0.494 e. The molecule has 0 aliphatic rings. The highest BCUT2D eigenvalue weighted by Gasteiger charge is 2.95. The second kappa shape index (κ2) is 18.4. The molecule has 0 saturated carbocycles. The van der Waals surface area contributed by atoms with Crippen LogP contribution in [0, 0.1) is 0 Å². The van der Waals surface area contributed by atoms with Crippen LogP contribution in [0.5, 0.6) is 23.0 Å². The van der Waals surface area contributed by atoms with Gasteiger partial charge in [0.15, 0.2) is 6.10 Å². The van der Waals surface area contributed by atoms with Gasteiger partial charge >= 0.3 is 65.5 Å². The quantitative estimate of drug-likeness (QED) is 0.0478. The zero-order chi connectivity index (χ0) is 47.3. The molecule has 1 atom stereocenters. The van der Waals surface area contributed by atoms with Crippen molar-refractivity contribution < 1.29 is 113 Å². The van der Waals surface area contributed by atoms with Crippen LogP contribution in [0.2, 0.25) is 0 Å². The lowest BCUT2D eigenvalue weighted by Crippen LogP contribution is -2.74. The Bertz CT molecular complexity index is 2000. The van der Waals surface area contributed by atoms with E-state index in [1.807, 2.05) is 6.92 Å². The molecule has 0 spiro atoms. The van der Waals surface area contributed by atoms with Crippen molar-refractivity contribution in [2.45, 2.75) is 86.8 Å².